The Hall–Kier alpha value is -2.93. The molecule has 3 rings (SSSR count). The van der Waals surface area contributed by atoms with Crippen molar-refractivity contribution in [2.24, 2.45) is 0 Å². The van der Waals surface area contributed by atoms with Crippen molar-refractivity contribution in [3.8, 4) is 6.07 Å². The van der Waals surface area contributed by atoms with Crippen LogP contribution in [0.2, 0.25) is 5.02 Å². The number of likely N-dealkylation sites (tertiary alicyclic amines) is 1. The van der Waals surface area contributed by atoms with Crippen LogP contribution in [0, 0.1) is 11.3 Å². The van der Waals surface area contributed by atoms with Crippen LogP contribution in [0.25, 0.3) is 0 Å². The van der Waals surface area contributed by atoms with E-state index in [1.54, 1.807) is 24.3 Å². The number of carbonyl (C=O) groups is 1. The van der Waals surface area contributed by atoms with Crippen LogP contribution in [0.1, 0.15) is 34.3 Å². The number of rotatable bonds is 3. The van der Waals surface area contributed by atoms with E-state index >= 15 is 0 Å². The number of halogens is 7. The Kier molecular flexibility index (Phi) is 6.33. The molecule has 1 aliphatic heterocycles. The molecule has 1 N–H and O–H groups in total. The summed E-state index contributed by atoms with van der Waals surface area (Å²) in [6, 6.07) is 9.65. The molecule has 170 valence electrons. The lowest BCUT2D eigenvalue weighted by Crippen LogP contribution is -2.50. The Labute approximate surface area is 184 Å². The summed E-state index contributed by atoms with van der Waals surface area (Å²) in [5.41, 5.74) is -4.41. The molecule has 4 nitrogen and oxygen atoms in total. The van der Waals surface area contributed by atoms with Gasteiger partial charge in [0.25, 0.3) is 5.91 Å². The van der Waals surface area contributed by atoms with Crippen LogP contribution in [0.5, 0.6) is 0 Å². The van der Waals surface area contributed by atoms with Gasteiger partial charge in [-0.25, -0.2) is 0 Å². The number of para-hydroxylation sites is 1. The summed E-state index contributed by atoms with van der Waals surface area (Å²) in [5, 5.41) is 13.1. The zero-order valence-corrected chi connectivity index (χ0v) is 17.1. The Morgan fingerprint density at radius 2 is 1.53 bits per heavy atom. The summed E-state index contributed by atoms with van der Waals surface area (Å²) < 4.78 is 78.5. The summed E-state index contributed by atoms with van der Waals surface area (Å²) in [4.78, 5) is 13.9. The van der Waals surface area contributed by atoms with Crippen molar-refractivity contribution in [1.82, 2.24) is 4.90 Å². The van der Waals surface area contributed by atoms with Gasteiger partial charge in [-0.1, -0.05) is 23.7 Å². The highest BCUT2D eigenvalue weighted by atomic mass is 35.5. The molecular formula is C21H16ClF6N3O. The minimum Gasteiger partial charge on any atom is -0.366 e. The minimum absolute atomic E-state index is 0.0266. The summed E-state index contributed by atoms with van der Waals surface area (Å²) in [6.45, 7) is -0.0805. The Balaban J connectivity index is 1.82. The molecule has 0 saturated carbocycles. The highest BCUT2D eigenvalue weighted by Gasteiger charge is 2.40. The Morgan fingerprint density at radius 1 is 1.00 bits per heavy atom. The van der Waals surface area contributed by atoms with Crippen LogP contribution in [0.4, 0.5) is 32.0 Å². The molecule has 0 radical (unpaired) electrons. The second kappa shape index (κ2) is 8.54. The van der Waals surface area contributed by atoms with Crippen molar-refractivity contribution >= 4 is 23.2 Å². The fraction of sp³-hybridized carbons (Fsp3) is 0.333. The number of nitrogens with one attached hydrogen (secondary N) is 1. The van der Waals surface area contributed by atoms with Gasteiger partial charge in [-0.2, -0.15) is 31.6 Å². The maximum absolute atomic E-state index is 13.1. The van der Waals surface area contributed by atoms with Crippen molar-refractivity contribution in [2.45, 2.75) is 30.7 Å². The molecule has 1 heterocycles. The lowest BCUT2D eigenvalue weighted by Gasteiger charge is -2.38. The molecule has 0 aliphatic carbocycles. The zero-order valence-electron chi connectivity index (χ0n) is 16.3. The van der Waals surface area contributed by atoms with Gasteiger partial charge in [0, 0.05) is 31.5 Å². The second-order valence-electron chi connectivity index (χ2n) is 7.39. The van der Waals surface area contributed by atoms with Gasteiger partial charge in [-0.05, 0) is 30.3 Å². The molecule has 2 aromatic carbocycles. The van der Waals surface area contributed by atoms with Crippen LogP contribution in [0.15, 0.2) is 42.5 Å². The van der Waals surface area contributed by atoms with E-state index < -0.39 is 40.5 Å². The van der Waals surface area contributed by atoms with Crippen molar-refractivity contribution in [3.63, 3.8) is 0 Å². The van der Waals surface area contributed by atoms with E-state index in [9.17, 15) is 36.4 Å². The number of benzene rings is 2. The maximum Gasteiger partial charge on any atom is 0.416 e. The SMILES string of the molecule is N#CC1(Nc2ccccc2Cl)CCN(C(=O)c2cc(C(F)(F)F)cc(C(F)(F)F)c2)CC1. The van der Waals surface area contributed by atoms with Gasteiger partial charge in [0.05, 0.1) is 27.9 Å². The first kappa shape index (κ1) is 23.7. The number of alkyl halides is 6. The third kappa shape index (κ3) is 5.10. The van der Waals surface area contributed by atoms with Gasteiger partial charge in [0.1, 0.15) is 5.54 Å². The highest BCUT2D eigenvalue weighted by molar-refractivity contribution is 6.33. The summed E-state index contributed by atoms with van der Waals surface area (Å²) in [6.07, 6.45) is -9.89. The van der Waals surface area contributed by atoms with E-state index in [-0.39, 0.29) is 32.0 Å². The van der Waals surface area contributed by atoms with Crippen LogP contribution >= 0.6 is 11.6 Å². The zero-order chi connectivity index (χ0) is 23.7. The third-order valence-electron chi connectivity index (χ3n) is 5.20. The number of carbonyl (C=O) groups excluding carboxylic acids is 1. The Bertz CT molecular complexity index is 1020. The topological polar surface area (TPSA) is 56.1 Å². The van der Waals surface area contributed by atoms with Gasteiger partial charge in [-0.15, -0.1) is 0 Å². The molecule has 1 amide bonds. The normalized spacial score (nSPS) is 16.4. The second-order valence-corrected chi connectivity index (χ2v) is 7.79. The molecule has 1 aliphatic rings. The van der Waals surface area contributed by atoms with Gasteiger partial charge < -0.3 is 10.2 Å². The first-order valence-electron chi connectivity index (χ1n) is 9.37. The molecule has 2 aromatic rings. The molecule has 0 bridgehead atoms. The minimum atomic E-state index is -5.05. The number of hydrogen-bond acceptors (Lipinski definition) is 3. The van der Waals surface area contributed by atoms with E-state index in [0.29, 0.717) is 22.8 Å². The quantitative estimate of drug-likeness (QED) is 0.555. The lowest BCUT2D eigenvalue weighted by molar-refractivity contribution is -0.143. The van der Waals surface area contributed by atoms with Crippen LogP contribution in [0.3, 0.4) is 0 Å². The van der Waals surface area contributed by atoms with Gasteiger partial charge in [0.2, 0.25) is 0 Å². The monoisotopic (exact) mass is 475 g/mol. The molecule has 11 heteroatoms. The fourth-order valence-electron chi connectivity index (χ4n) is 3.44. The van der Waals surface area contributed by atoms with Crippen LogP contribution in [-0.2, 0) is 12.4 Å². The Morgan fingerprint density at radius 3 is 2.00 bits per heavy atom. The van der Waals surface area contributed by atoms with Gasteiger partial charge in [-0.3, -0.25) is 4.79 Å². The number of hydrogen-bond donors (Lipinski definition) is 1. The molecule has 0 spiro atoms. The first-order valence-corrected chi connectivity index (χ1v) is 9.75. The standard InChI is InChI=1S/C21H16ClF6N3O/c22-16-3-1-2-4-17(16)30-19(12-29)5-7-31(8-6-19)18(32)13-9-14(20(23,24)25)11-15(10-13)21(26,27)28/h1-4,9-11,30H,5-8H2. The molecule has 0 aromatic heterocycles. The summed E-state index contributed by atoms with van der Waals surface area (Å²) in [7, 11) is 0. The smallest absolute Gasteiger partial charge is 0.366 e. The predicted molar refractivity (Wildman–Crippen MR) is 105 cm³/mol. The third-order valence-corrected chi connectivity index (χ3v) is 5.53. The largest absolute Gasteiger partial charge is 0.416 e. The van der Waals surface area contributed by atoms with Crippen molar-refractivity contribution in [1.29, 1.82) is 5.26 Å². The maximum atomic E-state index is 13.1. The van der Waals surface area contributed by atoms with Gasteiger partial charge in [0.15, 0.2) is 0 Å². The number of nitriles is 1. The van der Waals surface area contributed by atoms with Crippen molar-refractivity contribution < 1.29 is 31.1 Å². The number of amides is 1. The number of nitrogens with zero attached hydrogens (tertiary/aromatic N) is 2. The van der Waals surface area contributed by atoms with Crippen molar-refractivity contribution in [3.05, 3.63) is 64.2 Å². The molecular weight excluding hydrogens is 460 g/mol. The van der Waals surface area contributed by atoms with E-state index in [2.05, 4.69) is 11.4 Å². The van der Waals surface area contributed by atoms with E-state index in [0.717, 1.165) is 4.90 Å². The fourth-order valence-corrected chi connectivity index (χ4v) is 3.62. The molecule has 0 atom stereocenters. The van der Waals surface area contributed by atoms with Crippen LogP contribution < -0.4 is 5.32 Å². The summed E-state index contributed by atoms with van der Waals surface area (Å²) >= 11 is 6.10. The van der Waals surface area contributed by atoms with E-state index in [1.807, 2.05) is 0 Å². The van der Waals surface area contributed by atoms with Crippen LogP contribution in [-0.4, -0.2) is 29.4 Å². The van der Waals surface area contributed by atoms with E-state index in [4.69, 9.17) is 11.6 Å². The van der Waals surface area contributed by atoms with Crippen molar-refractivity contribution in [2.75, 3.05) is 18.4 Å². The summed E-state index contributed by atoms with van der Waals surface area (Å²) in [5.74, 6) is -0.967. The predicted octanol–water partition coefficient (Wildman–Crippen LogP) is 5.99. The number of piperidine rings is 1. The molecule has 0 unspecified atom stereocenters. The molecule has 1 saturated heterocycles. The molecule has 32 heavy (non-hydrogen) atoms. The van der Waals surface area contributed by atoms with E-state index in [1.165, 1.54) is 0 Å². The highest BCUT2D eigenvalue weighted by Crippen LogP contribution is 2.37. The van der Waals surface area contributed by atoms with Gasteiger partial charge >= 0.3 is 12.4 Å². The average molecular weight is 476 g/mol. The lowest BCUT2D eigenvalue weighted by atomic mass is 9.88. The molecule has 1 fully saturated rings. The first-order chi connectivity index (χ1) is 14.8. The average Bonchev–Trinajstić information content (AvgIpc) is 2.74. The number of anilines is 1.